The fourth-order valence-corrected chi connectivity index (χ4v) is 2.36. The second-order valence-corrected chi connectivity index (χ2v) is 4.50. The molecule has 5 nitrogen and oxygen atoms in total. The van der Waals surface area contributed by atoms with Crippen molar-refractivity contribution < 1.29 is 14.6 Å². The van der Waals surface area contributed by atoms with Crippen molar-refractivity contribution in [3.63, 3.8) is 0 Å². The molecule has 20 heavy (non-hydrogen) atoms. The lowest BCUT2D eigenvalue weighted by Crippen LogP contribution is -2.21. The molecular weight excluding hydrogens is 256 g/mol. The van der Waals surface area contributed by atoms with Crippen LogP contribution in [0.15, 0.2) is 42.6 Å². The number of carboxylic acids is 1. The first kappa shape index (κ1) is 12.5. The number of rotatable bonds is 2. The van der Waals surface area contributed by atoms with E-state index in [0.29, 0.717) is 18.8 Å². The second kappa shape index (κ2) is 5.21. The molecular formula is C15H14N2O3. The number of nitrogens with zero attached hydrogens (tertiary/aromatic N) is 2. The maximum atomic E-state index is 11.3. The quantitative estimate of drug-likeness (QED) is 0.909. The molecule has 1 N–H and O–H groups in total. The highest BCUT2D eigenvalue weighted by Crippen LogP contribution is 2.36. The van der Waals surface area contributed by atoms with Crippen LogP contribution < -0.4 is 9.64 Å². The van der Waals surface area contributed by atoms with Crippen molar-refractivity contribution >= 4 is 17.3 Å². The van der Waals surface area contributed by atoms with Crippen LogP contribution in [0, 0.1) is 0 Å². The van der Waals surface area contributed by atoms with Gasteiger partial charge in [-0.1, -0.05) is 12.1 Å². The molecule has 0 amide bonds. The lowest BCUT2D eigenvalue weighted by molar-refractivity contribution is 0.0691. The Morgan fingerprint density at radius 3 is 2.85 bits per heavy atom. The zero-order valence-electron chi connectivity index (χ0n) is 10.8. The summed E-state index contributed by atoms with van der Waals surface area (Å²) >= 11 is 0. The van der Waals surface area contributed by atoms with Gasteiger partial charge in [-0.15, -0.1) is 0 Å². The monoisotopic (exact) mass is 270 g/mol. The highest BCUT2D eigenvalue weighted by Gasteiger charge is 2.22. The maximum absolute atomic E-state index is 11.3. The van der Waals surface area contributed by atoms with Crippen LogP contribution in [0.5, 0.6) is 5.75 Å². The highest BCUT2D eigenvalue weighted by molar-refractivity contribution is 5.93. The summed E-state index contributed by atoms with van der Waals surface area (Å²) in [5.41, 5.74) is 1.53. The zero-order valence-corrected chi connectivity index (χ0v) is 10.8. The topological polar surface area (TPSA) is 62.7 Å². The number of hydrogen-bond acceptors (Lipinski definition) is 4. The second-order valence-electron chi connectivity index (χ2n) is 4.50. The number of benzene rings is 1. The van der Waals surface area contributed by atoms with Gasteiger partial charge in [-0.2, -0.15) is 0 Å². The molecule has 1 aliphatic heterocycles. The average Bonchev–Trinajstić information content (AvgIpc) is 2.69. The van der Waals surface area contributed by atoms with Gasteiger partial charge in [0, 0.05) is 12.7 Å². The Morgan fingerprint density at radius 2 is 2.00 bits per heavy atom. The van der Waals surface area contributed by atoms with E-state index in [1.54, 1.807) is 12.1 Å². The number of pyridine rings is 1. The van der Waals surface area contributed by atoms with Gasteiger partial charge in [-0.25, -0.2) is 9.78 Å². The standard InChI is InChI=1S/C15H14N2O3/c18-15(19)14-12(6-3-8-16-14)17-9-4-10-20-13-7-2-1-5-11(13)17/h1-3,5-8H,4,9-10H2,(H,18,19). The van der Waals surface area contributed by atoms with E-state index in [4.69, 9.17) is 4.74 Å². The Morgan fingerprint density at radius 1 is 1.20 bits per heavy atom. The van der Waals surface area contributed by atoms with E-state index in [1.807, 2.05) is 29.2 Å². The predicted octanol–water partition coefficient (Wildman–Crippen LogP) is 2.70. The van der Waals surface area contributed by atoms with Gasteiger partial charge >= 0.3 is 5.97 Å². The highest BCUT2D eigenvalue weighted by atomic mass is 16.5. The summed E-state index contributed by atoms with van der Waals surface area (Å²) in [4.78, 5) is 17.3. The number of aromatic carboxylic acids is 1. The number of hydrogen-bond donors (Lipinski definition) is 1. The van der Waals surface area contributed by atoms with Gasteiger partial charge in [-0.05, 0) is 30.7 Å². The third-order valence-corrected chi connectivity index (χ3v) is 3.22. The normalized spacial score (nSPS) is 14.1. The van der Waals surface area contributed by atoms with Crippen molar-refractivity contribution in [3.8, 4) is 5.75 Å². The first-order valence-electron chi connectivity index (χ1n) is 6.45. The van der Waals surface area contributed by atoms with Crippen molar-refractivity contribution in [1.29, 1.82) is 0 Å². The molecule has 0 aliphatic carbocycles. The fourth-order valence-electron chi connectivity index (χ4n) is 2.36. The molecule has 0 unspecified atom stereocenters. The van der Waals surface area contributed by atoms with E-state index >= 15 is 0 Å². The third-order valence-electron chi connectivity index (χ3n) is 3.22. The lowest BCUT2D eigenvalue weighted by atomic mass is 10.2. The van der Waals surface area contributed by atoms with Gasteiger partial charge in [0.1, 0.15) is 5.75 Å². The molecule has 0 fully saturated rings. The molecule has 1 aliphatic rings. The van der Waals surface area contributed by atoms with Gasteiger partial charge in [0.2, 0.25) is 0 Å². The lowest BCUT2D eigenvalue weighted by Gasteiger charge is -2.24. The van der Waals surface area contributed by atoms with E-state index in [0.717, 1.165) is 17.9 Å². The van der Waals surface area contributed by atoms with Crippen LogP contribution in [0.4, 0.5) is 11.4 Å². The summed E-state index contributed by atoms with van der Waals surface area (Å²) in [5, 5.41) is 9.29. The maximum Gasteiger partial charge on any atom is 0.356 e. The summed E-state index contributed by atoms with van der Waals surface area (Å²) < 4.78 is 5.69. The average molecular weight is 270 g/mol. The molecule has 0 saturated heterocycles. The van der Waals surface area contributed by atoms with Crippen LogP contribution in [0.2, 0.25) is 0 Å². The number of fused-ring (bicyclic) bond motifs is 1. The van der Waals surface area contributed by atoms with Crippen LogP contribution in [-0.4, -0.2) is 29.2 Å². The first-order chi connectivity index (χ1) is 9.77. The summed E-state index contributed by atoms with van der Waals surface area (Å²) in [7, 11) is 0. The van der Waals surface area contributed by atoms with Crippen LogP contribution in [-0.2, 0) is 0 Å². The smallest absolute Gasteiger partial charge is 0.356 e. The molecule has 1 aromatic heterocycles. The molecule has 5 heteroatoms. The number of carboxylic acid groups (broad SMARTS) is 1. The molecule has 2 aromatic rings. The molecule has 0 saturated carbocycles. The Hall–Kier alpha value is -2.56. The molecule has 102 valence electrons. The summed E-state index contributed by atoms with van der Waals surface area (Å²) in [6, 6.07) is 11.2. The third kappa shape index (κ3) is 2.18. The summed E-state index contributed by atoms with van der Waals surface area (Å²) in [6.07, 6.45) is 2.32. The molecule has 0 spiro atoms. The van der Waals surface area contributed by atoms with Crippen LogP contribution in [0.3, 0.4) is 0 Å². The minimum absolute atomic E-state index is 0.0594. The van der Waals surface area contributed by atoms with Crippen LogP contribution in [0.25, 0.3) is 0 Å². The van der Waals surface area contributed by atoms with E-state index in [2.05, 4.69) is 4.98 Å². The van der Waals surface area contributed by atoms with Gasteiger partial charge in [-0.3, -0.25) is 0 Å². The number of anilines is 2. The first-order valence-corrected chi connectivity index (χ1v) is 6.45. The van der Waals surface area contributed by atoms with E-state index in [-0.39, 0.29) is 5.69 Å². The Labute approximate surface area is 116 Å². The summed E-state index contributed by atoms with van der Waals surface area (Å²) in [5.74, 6) is -0.256. The predicted molar refractivity (Wildman–Crippen MR) is 74.8 cm³/mol. The summed E-state index contributed by atoms with van der Waals surface area (Å²) in [6.45, 7) is 1.32. The van der Waals surface area contributed by atoms with E-state index in [9.17, 15) is 9.90 Å². The van der Waals surface area contributed by atoms with Crippen molar-refractivity contribution in [2.75, 3.05) is 18.1 Å². The number of carbonyl (C=O) groups is 1. The molecule has 2 heterocycles. The minimum Gasteiger partial charge on any atom is -0.491 e. The van der Waals surface area contributed by atoms with Crippen LogP contribution >= 0.6 is 0 Å². The zero-order chi connectivity index (χ0) is 13.9. The van der Waals surface area contributed by atoms with Crippen molar-refractivity contribution in [2.45, 2.75) is 6.42 Å². The largest absolute Gasteiger partial charge is 0.491 e. The van der Waals surface area contributed by atoms with E-state index < -0.39 is 5.97 Å². The fraction of sp³-hybridized carbons (Fsp3) is 0.200. The Kier molecular flexibility index (Phi) is 3.25. The van der Waals surface area contributed by atoms with Crippen molar-refractivity contribution in [3.05, 3.63) is 48.3 Å². The molecule has 3 rings (SSSR count). The van der Waals surface area contributed by atoms with Gasteiger partial charge in [0.15, 0.2) is 5.69 Å². The molecule has 1 aromatic carbocycles. The molecule has 0 bridgehead atoms. The number of para-hydroxylation sites is 2. The van der Waals surface area contributed by atoms with Gasteiger partial charge in [0.25, 0.3) is 0 Å². The molecule has 0 radical (unpaired) electrons. The van der Waals surface area contributed by atoms with Crippen LogP contribution in [0.1, 0.15) is 16.9 Å². The van der Waals surface area contributed by atoms with Crippen molar-refractivity contribution in [2.24, 2.45) is 0 Å². The minimum atomic E-state index is -1.02. The molecule has 0 atom stereocenters. The van der Waals surface area contributed by atoms with Gasteiger partial charge < -0.3 is 14.7 Å². The van der Waals surface area contributed by atoms with Gasteiger partial charge in [0.05, 0.1) is 18.0 Å². The Bertz CT molecular complexity index is 643. The van der Waals surface area contributed by atoms with Crippen molar-refractivity contribution in [1.82, 2.24) is 4.98 Å². The SMILES string of the molecule is O=C(O)c1ncccc1N1CCCOc2ccccc21. The Balaban J connectivity index is 2.13. The number of ether oxygens (including phenoxy) is 1. The van der Waals surface area contributed by atoms with E-state index in [1.165, 1.54) is 6.20 Å². The number of aromatic nitrogens is 1.